The molecule has 3 rings (SSSR count). The Morgan fingerprint density at radius 1 is 1.10 bits per heavy atom. The Labute approximate surface area is 139 Å². The van der Waals surface area contributed by atoms with Gasteiger partial charge >= 0.3 is 0 Å². The Morgan fingerprint density at radius 3 is 2.57 bits per heavy atom. The number of ether oxygens (including phenoxy) is 1. The van der Waals surface area contributed by atoms with Gasteiger partial charge in [0.05, 0.1) is 12.0 Å². The van der Waals surface area contributed by atoms with Crippen LogP contribution in [-0.4, -0.2) is 6.61 Å². The van der Waals surface area contributed by atoms with E-state index in [9.17, 15) is 0 Å². The number of halogens is 3. The van der Waals surface area contributed by atoms with Crippen molar-refractivity contribution in [3.63, 3.8) is 0 Å². The van der Waals surface area contributed by atoms with Crippen molar-refractivity contribution in [2.75, 3.05) is 6.61 Å². The quantitative estimate of drug-likeness (QED) is 0.609. The Morgan fingerprint density at radius 2 is 1.86 bits per heavy atom. The first-order chi connectivity index (χ1) is 9.88. The molecule has 0 saturated carbocycles. The first-order valence-electron chi connectivity index (χ1n) is 6.75. The summed E-state index contributed by atoms with van der Waals surface area (Å²) in [6.07, 6.45) is 0. The van der Waals surface area contributed by atoms with E-state index in [0.29, 0.717) is 16.7 Å². The molecule has 0 radical (unpaired) electrons. The third-order valence-corrected chi connectivity index (χ3v) is 4.90. The molecule has 1 atom stereocenters. The van der Waals surface area contributed by atoms with Crippen molar-refractivity contribution in [3.05, 3.63) is 63.1 Å². The lowest BCUT2D eigenvalue weighted by atomic mass is 9.85. The Bertz CT molecular complexity index is 694. The molecular weight excluding hydrogens is 327 g/mol. The fraction of sp³-hybridized carbons (Fsp3) is 0.294. The van der Waals surface area contributed by atoms with Crippen LogP contribution in [0.4, 0.5) is 0 Å². The monoisotopic (exact) mass is 340 g/mol. The Kier molecular flexibility index (Phi) is 3.85. The van der Waals surface area contributed by atoms with E-state index in [1.165, 1.54) is 5.56 Å². The average molecular weight is 342 g/mol. The zero-order chi connectivity index (χ0) is 15.2. The average Bonchev–Trinajstić information content (AvgIpc) is 2.74. The van der Waals surface area contributed by atoms with Gasteiger partial charge in [0.15, 0.2) is 0 Å². The van der Waals surface area contributed by atoms with E-state index in [4.69, 9.17) is 39.5 Å². The summed E-state index contributed by atoms with van der Waals surface area (Å²) in [4.78, 5) is 0. The molecule has 110 valence electrons. The maximum absolute atomic E-state index is 6.62. The van der Waals surface area contributed by atoms with E-state index in [0.717, 1.165) is 16.9 Å². The topological polar surface area (TPSA) is 9.23 Å². The lowest BCUT2D eigenvalue weighted by Crippen LogP contribution is -2.18. The lowest BCUT2D eigenvalue weighted by Gasteiger charge is -2.18. The Hall–Kier alpha value is -0.890. The van der Waals surface area contributed by atoms with Crippen molar-refractivity contribution >= 4 is 34.8 Å². The largest absolute Gasteiger partial charge is 0.492 e. The molecule has 0 amide bonds. The second-order valence-electron chi connectivity index (χ2n) is 5.96. The highest BCUT2D eigenvalue weighted by molar-refractivity contribution is 6.36. The fourth-order valence-electron chi connectivity index (χ4n) is 2.58. The van der Waals surface area contributed by atoms with Crippen LogP contribution in [0.25, 0.3) is 0 Å². The van der Waals surface area contributed by atoms with Crippen molar-refractivity contribution in [2.24, 2.45) is 0 Å². The lowest BCUT2D eigenvalue weighted by molar-refractivity contribution is 0.291. The first kappa shape index (κ1) is 15.0. The van der Waals surface area contributed by atoms with Crippen LogP contribution < -0.4 is 4.74 Å². The molecule has 0 bridgehead atoms. The number of fused-ring (bicyclic) bond motifs is 1. The van der Waals surface area contributed by atoms with Gasteiger partial charge in [0.25, 0.3) is 0 Å². The molecule has 0 N–H and O–H groups in total. The minimum atomic E-state index is -0.309. The molecule has 0 fully saturated rings. The molecule has 1 aliphatic rings. The minimum absolute atomic E-state index is 0.00570. The summed E-state index contributed by atoms with van der Waals surface area (Å²) in [6.45, 7) is 5.03. The van der Waals surface area contributed by atoms with Crippen LogP contribution in [0.2, 0.25) is 10.0 Å². The molecule has 0 aliphatic carbocycles. The van der Waals surface area contributed by atoms with E-state index < -0.39 is 0 Å². The van der Waals surface area contributed by atoms with Gasteiger partial charge < -0.3 is 4.74 Å². The molecule has 1 heterocycles. The fourth-order valence-corrected chi connectivity index (χ4v) is 3.48. The number of hydrogen-bond donors (Lipinski definition) is 0. The highest BCUT2D eigenvalue weighted by Gasteiger charge is 2.32. The van der Waals surface area contributed by atoms with Gasteiger partial charge in [-0.25, -0.2) is 0 Å². The van der Waals surface area contributed by atoms with E-state index in [1.807, 2.05) is 18.2 Å². The smallest absolute Gasteiger partial charge is 0.123 e. The second-order valence-corrected chi connectivity index (χ2v) is 7.24. The molecule has 2 aromatic carbocycles. The van der Waals surface area contributed by atoms with Gasteiger partial charge in [-0.1, -0.05) is 49.2 Å². The number of alkyl halides is 1. The van der Waals surface area contributed by atoms with Crippen LogP contribution in [0, 0.1) is 0 Å². The van der Waals surface area contributed by atoms with Gasteiger partial charge in [0.1, 0.15) is 5.75 Å². The molecule has 1 unspecified atom stereocenters. The maximum Gasteiger partial charge on any atom is 0.123 e. The van der Waals surface area contributed by atoms with Crippen LogP contribution in [0.1, 0.15) is 35.9 Å². The summed E-state index contributed by atoms with van der Waals surface area (Å²) >= 11 is 18.8. The van der Waals surface area contributed by atoms with Gasteiger partial charge in [-0.2, -0.15) is 0 Å². The molecule has 21 heavy (non-hydrogen) atoms. The minimum Gasteiger partial charge on any atom is -0.492 e. The van der Waals surface area contributed by atoms with Gasteiger partial charge in [0, 0.05) is 21.0 Å². The van der Waals surface area contributed by atoms with Crippen LogP contribution in [0.15, 0.2) is 36.4 Å². The number of benzene rings is 2. The van der Waals surface area contributed by atoms with E-state index in [2.05, 4.69) is 19.9 Å². The predicted molar refractivity (Wildman–Crippen MR) is 89.1 cm³/mol. The Balaban J connectivity index is 2.01. The van der Waals surface area contributed by atoms with E-state index in [1.54, 1.807) is 12.1 Å². The summed E-state index contributed by atoms with van der Waals surface area (Å²) in [7, 11) is 0. The molecule has 0 aromatic heterocycles. The van der Waals surface area contributed by atoms with Gasteiger partial charge in [-0.15, -0.1) is 11.6 Å². The first-order valence-corrected chi connectivity index (χ1v) is 7.94. The van der Waals surface area contributed by atoms with Crippen molar-refractivity contribution < 1.29 is 4.74 Å². The molecule has 4 heteroatoms. The van der Waals surface area contributed by atoms with Crippen LogP contribution in [0.3, 0.4) is 0 Å². The van der Waals surface area contributed by atoms with E-state index in [-0.39, 0.29) is 10.8 Å². The van der Waals surface area contributed by atoms with Crippen LogP contribution in [0.5, 0.6) is 5.75 Å². The molecule has 2 aromatic rings. The van der Waals surface area contributed by atoms with Crippen molar-refractivity contribution in [2.45, 2.75) is 24.6 Å². The van der Waals surface area contributed by atoms with Crippen molar-refractivity contribution in [1.82, 2.24) is 0 Å². The summed E-state index contributed by atoms with van der Waals surface area (Å²) in [6, 6.07) is 11.5. The molecular formula is C17H15Cl3O. The summed E-state index contributed by atoms with van der Waals surface area (Å²) < 4.78 is 5.71. The van der Waals surface area contributed by atoms with Crippen LogP contribution >= 0.6 is 34.8 Å². The zero-order valence-electron chi connectivity index (χ0n) is 11.8. The highest BCUT2D eigenvalue weighted by atomic mass is 35.5. The third-order valence-electron chi connectivity index (χ3n) is 3.85. The van der Waals surface area contributed by atoms with Crippen molar-refractivity contribution in [3.8, 4) is 5.75 Å². The highest BCUT2D eigenvalue weighted by Crippen LogP contribution is 2.42. The second kappa shape index (κ2) is 5.39. The summed E-state index contributed by atoms with van der Waals surface area (Å²) in [5.41, 5.74) is 3.07. The van der Waals surface area contributed by atoms with Gasteiger partial charge in [-0.05, 0) is 35.4 Å². The third kappa shape index (κ3) is 2.75. The molecule has 0 spiro atoms. The number of hydrogen-bond acceptors (Lipinski definition) is 1. The summed E-state index contributed by atoms with van der Waals surface area (Å²) in [5, 5.41) is 0.881. The number of rotatable bonds is 2. The van der Waals surface area contributed by atoms with Crippen LogP contribution in [-0.2, 0) is 5.41 Å². The normalized spacial score (nSPS) is 17.2. The standard InChI is InChI=1S/C17H15Cl3O/c1-17(2)9-21-15-6-3-10(7-13(15)17)16(20)12-5-4-11(18)8-14(12)19/h3-8,16H,9H2,1-2H3. The predicted octanol–water partition coefficient (Wildman–Crippen LogP) is 5.99. The zero-order valence-corrected chi connectivity index (χ0v) is 14.1. The van der Waals surface area contributed by atoms with Gasteiger partial charge in [0.2, 0.25) is 0 Å². The molecule has 1 aliphatic heterocycles. The summed E-state index contributed by atoms with van der Waals surface area (Å²) in [5.74, 6) is 0.940. The molecule has 0 saturated heterocycles. The van der Waals surface area contributed by atoms with E-state index >= 15 is 0 Å². The maximum atomic E-state index is 6.62. The molecule has 1 nitrogen and oxygen atoms in total. The SMILES string of the molecule is CC1(C)COc2ccc(C(Cl)c3ccc(Cl)cc3Cl)cc21. The van der Waals surface area contributed by atoms with Crippen molar-refractivity contribution in [1.29, 1.82) is 0 Å². The van der Waals surface area contributed by atoms with Gasteiger partial charge in [-0.3, -0.25) is 0 Å².